The molecule has 2 rings (SSSR count). The van der Waals surface area contributed by atoms with E-state index in [9.17, 15) is 5.11 Å². The van der Waals surface area contributed by atoms with Crippen LogP contribution in [-0.2, 0) is 13.1 Å². The van der Waals surface area contributed by atoms with E-state index < -0.39 is 0 Å². The summed E-state index contributed by atoms with van der Waals surface area (Å²) in [4.78, 5) is 4.15. The molecule has 0 atom stereocenters. The third kappa shape index (κ3) is 3.61. The summed E-state index contributed by atoms with van der Waals surface area (Å²) in [5.74, 6) is 1.24. The first-order valence-corrected chi connectivity index (χ1v) is 6.28. The summed E-state index contributed by atoms with van der Waals surface area (Å²) in [6.45, 7) is 1.39. The second kappa shape index (κ2) is 6.77. The number of aromatic hydroxyl groups is 1. The number of phenolic OH excluding ortho intramolecular Hbond substituents is 1. The third-order valence-electron chi connectivity index (χ3n) is 2.91. The Balaban J connectivity index is 1.88. The Bertz CT molecular complexity index is 556. The van der Waals surface area contributed by atoms with E-state index in [-0.39, 0.29) is 5.75 Å². The fourth-order valence-electron chi connectivity index (χ4n) is 1.82. The molecule has 0 radical (unpaired) electrons. The van der Waals surface area contributed by atoms with Crippen LogP contribution >= 0.6 is 0 Å². The standard InChI is InChI=1S/C15H18N2O3/c1-19-14-7-11(3-5-13(14)18)8-16-9-12-4-6-15(20-2)17-10-12/h3-7,10,16,18H,8-9H2,1-2H3. The number of nitrogens with zero attached hydrogens (tertiary/aromatic N) is 1. The molecule has 0 saturated carbocycles. The van der Waals surface area contributed by atoms with Gasteiger partial charge >= 0.3 is 0 Å². The molecule has 0 fully saturated rings. The molecule has 0 amide bonds. The number of ether oxygens (including phenoxy) is 2. The lowest BCUT2D eigenvalue weighted by atomic mass is 10.2. The Kier molecular flexibility index (Phi) is 4.79. The van der Waals surface area contributed by atoms with Crippen molar-refractivity contribution in [2.45, 2.75) is 13.1 Å². The molecule has 0 aliphatic heterocycles. The smallest absolute Gasteiger partial charge is 0.212 e. The quantitative estimate of drug-likeness (QED) is 0.844. The zero-order valence-electron chi connectivity index (χ0n) is 11.6. The normalized spacial score (nSPS) is 10.3. The van der Waals surface area contributed by atoms with Gasteiger partial charge in [0.1, 0.15) is 0 Å². The minimum atomic E-state index is 0.149. The largest absolute Gasteiger partial charge is 0.504 e. The van der Waals surface area contributed by atoms with Crippen molar-refractivity contribution in [2.75, 3.05) is 14.2 Å². The van der Waals surface area contributed by atoms with Crippen LogP contribution in [0, 0.1) is 0 Å². The predicted octanol–water partition coefficient (Wildman–Crippen LogP) is 2.09. The van der Waals surface area contributed by atoms with Crippen LogP contribution in [0.3, 0.4) is 0 Å². The van der Waals surface area contributed by atoms with E-state index in [1.165, 1.54) is 7.11 Å². The van der Waals surface area contributed by atoms with E-state index in [0.717, 1.165) is 11.1 Å². The molecule has 0 aliphatic rings. The van der Waals surface area contributed by atoms with E-state index in [1.807, 2.05) is 24.3 Å². The van der Waals surface area contributed by atoms with Gasteiger partial charge in [-0.05, 0) is 23.3 Å². The second-order valence-corrected chi connectivity index (χ2v) is 4.32. The van der Waals surface area contributed by atoms with Crippen molar-refractivity contribution in [3.8, 4) is 17.4 Å². The van der Waals surface area contributed by atoms with Crippen molar-refractivity contribution in [1.29, 1.82) is 0 Å². The Labute approximate surface area is 118 Å². The summed E-state index contributed by atoms with van der Waals surface area (Å²) < 4.78 is 10.1. The van der Waals surface area contributed by atoms with Crippen molar-refractivity contribution in [1.82, 2.24) is 10.3 Å². The fraction of sp³-hybridized carbons (Fsp3) is 0.267. The van der Waals surface area contributed by atoms with Gasteiger partial charge < -0.3 is 19.9 Å². The second-order valence-electron chi connectivity index (χ2n) is 4.32. The Morgan fingerprint density at radius 3 is 2.45 bits per heavy atom. The topological polar surface area (TPSA) is 63.6 Å². The molecule has 5 heteroatoms. The molecule has 0 unspecified atom stereocenters. The lowest BCUT2D eigenvalue weighted by Gasteiger charge is -2.08. The number of hydrogen-bond donors (Lipinski definition) is 2. The van der Waals surface area contributed by atoms with Crippen LogP contribution in [0.2, 0.25) is 0 Å². The van der Waals surface area contributed by atoms with Crippen LogP contribution in [-0.4, -0.2) is 24.3 Å². The van der Waals surface area contributed by atoms with E-state index in [2.05, 4.69) is 10.3 Å². The Morgan fingerprint density at radius 1 is 1.05 bits per heavy atom. The maximum absolute atomic E-state index is 9.52. The zero-order valence-corrected chi connectivity index (χ0v) is 11.6. The number of rotatable bonds is 6. The molecule has 2 N–H and O–H groups in total. The number of methoxy groups -OCH3 is 2. The zero-order chi connectivity index (χ0) is 14.4. The SMILES string of the molecule is COc1ccc(CNCc2ccc(O)c(OC)c2)cn1. The van der Waals surface area contributed by atoms with Crippen molar-refractivity contribution in [2.24, 2.45) is 0 Å². The number of nitrogens with one attached hydrogen (secondary N) is 1. The first kappa shape index (κ1) is 14.1. The monoisotopic (exact) mass is 274 g/mol. The number of phenols is 1. The highest BCUT2D eigenvalue weighted by molar-refractivity contribution is 5.41. The Morgan fingerprint density at radius 2 is 1.80 bits per heavy atom. The molecule has 1 aromatic carbocycles. The van der Waals surface area contributed by atoms with Crippen LogP contribution in [0.25, 0.3) is 0 Å². The van der Waals surface area contributed by atoms with Crippen LogP contribution in [0.1, 0.15) is 11.1 Å². The van der Waals surface area contributed by atoms with Crippen molar-refractivity contribution in [3.63, 3.8) is 0 Å². The van der Waals surface area contributed by atoms with Gasteiger partial charge in [-0.3, -0.25) is 0 Å². The van der Waals surface area contributed by atoms with Gasteiger partial charge in [0, 0.05) is 25.4 Å². The summed E-state index contributed by atoms with van der Waals surface area (Å²) >= 11 is 0. The highest BCUT2D eigenvalue weighted by atomic mass is 16.5. The van der Waals surface area contributed by atoms with Crippen LogP contribution in [0.4, 0.5) is 0 Å². The van der Waals surface area contributed by atoms with Gasteiger partial charge in [0.05, 0.1) is 14.2 Å². The first-order valence-electron chi connectivity index (χ1n) is 6.28. The van der Waals surface area contributed by atoms with E-state index in [0.29, 0.717) is 24.7 Å². The fourth-order valence-corrected chi connectivity index (χ4v) is 1.82. The molecule has 0 aliphatic carbocycles. The van der Waals surface area contributed by atoms with E-state index in [1.54, 1.807) is 19.4 Å². The highest BCUT2D eigenvalue weighted by Crippen LogP contribution is 2.26. The maximum Gasteiger partial charge on any atom is 0.212 e. The van der Waals surface area contributed by atoms with E-state index >= 15 is 0 Å². The molecule has 0 spiro atoms. The third-order valence-corrected chi connectivity index (χ3v) is 2.91. The molecule has 20 heavy (non-hydrogen) atoms. The summed E-state index contributed by atoms with van der Waals surface area (Å²) in [7, 11) is 3.13. The predicted molar refractivity (Wildman–Crippen MR) is 76.0 cm³/mol. The lowest BCUT2D eigenvalue weighted by molar-refractivity contribution is 0.373. The van der Waals surface area contributed by atoms with Gasteiger partial charge in [-0.2, -0.15) is 0 Å². The average molecular weight is 274 g/mol. The molecule has 5 nitrogen and oxygen atoms in total. The maximum atomic E-state index is 9.52. The van der Waals surface area contributed by atoms with Crippen molar-refractivity contribution < 1.29 is 14.6 Å². The minimum absolute atomic E-state index is 0.149. The molecule has 1 aromatic heterocycles. The van der Waals surface area contributed by atoms with E-state index in [4.69, 9.17) is 9.47 Å². The van der Waals surface area contributed by atoms with Gasteiger partial charge in [0.25, 0.3) is 0 Å². The summed E-state index contributed by atoms with van der Waals surface area (Å²) in [6.07, 6.45) is 1.78. The van der Waals surface area contributed by atoms with Crippen LogP contribution in [0.5, 0.6) is 17.4 Å². The lowest BCUT2D eigenvalue weighted by Crippen LogP contribution is -2.12. The summed E-state index contributed by atoms with van der Waals surface area (Å²) in [5, 5.41) is 12.8. The number of aromatic nitrogens is 1. The average Bonchev–Trinajstić information content (AvgIpc) is 2.49. The summed E-state index contributed by atoms with van der Waals surface area (Å²) in [6, 6.07) is 9.10. The van der Waals surface area contributed by atoms with Gasteiger partial charge in [0.15, 0.2) is 11.5 Å². The number of hydrogen-bond acceptors (Lipinski definition) is 5. The molecule has 0 saturated heterocycles. The van der Waals surface area contributed by atoms with Gasteiger partial charge in [-0.15, -0.1) is 0 Å². The van der Waals surface area contributed by atoms with Crippen molar-refractivity contribution >= 4 is 0 Å². The van der Waals surface area contributed by atoms with Crippen LogP contribution in [0.15, 0.2) is 36.5 Å². The molecule has 1 heterocycles. The molecule has 2 aromatic rings. The number of pyridine rings is 1. The van der Waals surface area contributed by atoms with Gasteiger partial charge in [-0.1, -0.05) is 12.1 Å². The molecule has 0 bridgehead atoms. The van der Waals surface area contributed by atoms with Crippen molar-refractivity contribution in [3.05, 3.63) is 47.7 Å². The van der Waals surface area contributed by atoms with Gasteiger partial charge in [0.2, 0.25) is 5.88 Å². The highest BCUT2D eigenvalue weighted by Gasteiger charge is 2.02. The summed E-state index contributed by atoms with van der Waals surface area (Å²) in [5.41, 5.74) is 2.12. The Hall–Kier alpha value is -2.27. The van der Waals surface area contributed by atoms with Gasteiger partial charge in [-0.25, -0.2) is 4.98 Å². The molecular weight excluding hydrogens is 256 g/mol. The first-order chi connectivity index (χ1) is 9.72. The van der Waals surface area contributed by atoms with Crippen LogP contribution < -0.4 is 14.8 Å². The molecular formula is C15H18N2O3. The molecule has 106 valence electrons. The minimum Gasteiger partial charge on any atom is -0.504 e. The number of benzene rings is 1.